The lowest BCUT2D eigenvalue weighted by atomic mass is 10.1. The van der Waals surface area contributed by atoms with E-state index in [0.717, 1.165) is 7.11 Å². The Hall–Kier alpha value is -0.920. The van der Waals surface area contributed by atoms with Crippen molar-refractivity contribution in [2.75, 3.05) is 7.11 Å². The highest BCUT2D eigenvalue weighted by Crippen LogP contribution is 2.02. The summed E-state index contributed by atoms with van der Waals surface area (Å²) in [6.07, 6.45) is 10.6. The van der Waals surface area contributed by atoms with E-state index in [-0.39, 0.29) is 0 Å². The van der Waals surface area contributed by atoms with Crippen molar-refractivity contribution in [2.45, 2.75) is 39.0 Å². The van der Waals surface area contributed by atoms with Crippen LogP contribution in [0.15, 0.2) is 12.4 Å². The monoisotopic (exact) mass is 278 g/mol. The predicted molar refractivity (Wildman–Crippen MR) is 66.5 cm³/mol. The maximum atomic E-state index is 9.22. The summed E-state index contributed by atoms with van der Waals surface area (Å²) < 4.78 is 33.2. The zero-order chi connectivity index (χ0) is 14.0. The molecule has 1 rings (SSSR count). The Kier molecular flexibility index (Phi) is 8.61. The summed E-state index contributed by atoms with van der Waals surface area (Å²) in [5, 5.41) is 0. The van der Waals surface area contributed by atoms with Crippen molar-refractivity contribution in [3.8, 4) is 0 Å². The van der Waals surface area contributed by atoms with Gasteiger partial charge in [0.2, 0.25) is 10.4 Å². The Bertz CT molecular complexity index is 414. The number of nitrogens with one attached hydrogen (secondary N) is 1. The van der Waals surface area contributed by atoms with Crippen LogP contribution in [0.3, 0.4) is 0 Å². The van der Waals surface area contributed by atoms with E-state index in [1.807, 2.05) is 6.20 Å². The maximum Gasteiger partial charge on any atom is 0.253 e. The van der Waals surface area contributed by atoms with E-state index in [4.69, 9.17) is 0 Å². The fourth-order valence-corrected chi connectivity index (χ4v) is 1.40. The van der Waals surface area contributed by atoms with Crippen LogP contribution in [0.2, 0.25) is 0 Å². The van der Waals surface area contributed by atoms with E-state index in [2.05, 4.69) is 33.9 Å². The molecule has 106 valence electrons. The second-order valence-electron chi connectivity index (χ2n) is 3.90. The SMILES string of the molecule is CCCCCCc1[nH]cc[n+]1C.COS(=O)(=O)[O-]. The first-order chi connectivity index (χ1) is 8.40. The number of rotatable bonds is 6. The van der Waals surface area contributed by atoms with Gasteiger partial charge in [-0.15, -0.1) is 0 Å². The molecule has 0 saturated heterocycles. The Morgan fingerprint density at radius 2 is 2.00 bits per heavy atom. The molecule has 0 aliphatic rings. The highest BCUT2D eigenvalue weighted by molar-refractivity contribution is 7.80. The van der Waals surface area contributed by atoms with Gasteiger partial charge in [0.1, 0.15) is 12.4 Å². The summed E-state index contributed by atoms with van der Waals surface area (Å²) >= 11 is 0. The van der Waals surface area contributed by atoms with Crippen molar-refractivity contribution < 1.29 is 21.7 Å². The molecule has 1 aromatic heterocycles. The number of nitrogens with zero attached hydrogens (tertiary/aromatic N) is 1. The normalized spacial score (nSPS) is 10.9. The molecule has 0 unspecified atom stereocenters. The first-order valence-electron chi connectivity index (χ1n) is 5.94. The molecule has 1 heterocycles. The average Bonchev–Trinajstić information content (AvgIpc) is 2.71. The van der Waals surface area contributed by atoms with Gasteiger partial charge < -0.3 is 4.55 Å². The highest BCUT2D eigenvalue weighted by atomic mass is 32.3. The van der Waals surface area contributed by atoms with Gasteiger partial charge in [-0.05, 0) is 6.42 Å². The van der Waals surface area contributed by atoms with Crippen LogP contribution in [0.4, 0.5) is 0 Å². The van der Waals surface area contributed by atoms with E-state index >= 15 is 0 Å². The lowest BCUT2D eigenvalue weighted by Gasteiger charge is -1.98. The van der Waals surface area contributed by atoms with Gasteiger partial charge in [0.15, 0.2) is 0 Å². The standard InChI is InChI=1S/C10H18N2.CH4O4S/c1-3-4-5-6-7-10-11-8-9-12(10)2;1-5-6(2,3)4/h8-9H,3-7H2,1-2H3;1H3,(H,2,3,4). The van der Waals surface area contributed by atoms with Crippen LogP contribution < -0.4 is 4.57 Å². The van der Waals surface area contributed by atoms with Gasteiger partial charge >= 0.3 is 0 Å². The van der Waals surface area contributed by atoms with Crippen LogP contribution in [-0.2, 0) is 28.1 Å². The summed E-state index contributed by atoms with van der Waals surface area (Å²) in [5.74, 6) is 1.34. The van der Waals surface area contributed by atoms with Gasteiger partial charge in [-0.3, -0.25) is 4.18 Å². The summed E-state index contributed by atoms with van der Waals surface area (Å²) in [7, 11) is -1.52. The third kappa shape index (κ3) is 9.15. The molecule has 1 aromatic rings. The van der Waals surface area contributed by atoms with Crippen molar-refractivity contribution >= 4 is 10.4 Å². The maximum absolute atomic E-state index is 9.22. The summed E-state index contributed by atoms with van der Waals surface area (Å²) in [6, 6.07) is 0. The minimum Gasteiger partial charge on any atom is -0.726 e. The number of unbranched alkanes of at least 4 members (excludes halogenated alkanes) is 3. The summed E-state index contributed by atoms with van der Waals surface area (Å²) in [4.78, 5) is 3.25. The van der Waals surface area contributed by atoms with Gasteiger partial charge in [-0.2, -0.15) is 0 Å². The van der Waals surface area contributed by atoms with Crippen LogP contribution in [0.25, 0.3) is 0 Å². The van der Waals surface area contributed by atoms with Crippen LogP contribution >= 0.6 is 0 Å². The van der Waals surface area contributed by atoms with Gasteiger partial charge in [0.25, 0.3) is 5.82 Å². The third-order valence-corrected chi connectivity index (χ3v) is 2.85. The number of aromatic amines is 1. The number of hydrogen-bond donors (Lipinski definition) is 1. The molecule has 7 heteroatoms. The molecular formula is C11H22N2O4S. The number of aryl methyl sites for hydroxylation is 2. The van der Waals surface area contributed by atoms with Gasteiger partial charge in [0.05, 0.1) is 14.2 Å². The van der Waals surface area contributed by atoms with Gasteiger partial charge in [-0.1, -0.05) is 26.2 Å². The van der Waals surface area contributed by atoms with Crippen molar-refractivity contribution in [3.05, 3.63) is 18.2 Å². The fourth-order valence-electron chi connectivity index (χ4n) is 1.40. The molecule has 0 radical (unpaired) electrons. The molecule has 0 aromatic carbocycles. The molecule has 0 aliphatic heterocycles. The van der Waals surface area contributed by atoms with E-state index in [1.54, 1.807) is 0 Å². The molecule has 0 aliphatic carbocycles. The topological polar surface area (TPSA) is 86.1 Å². The van der Waals surface area contributed by atoms with Crippen LogP contribution in [0.5, 0.6) is 0 Å². The quantitative estimate of drug-likeness (QED) is 0.365. The van der Waals surface area contributed by atoms with Crippen LogP contribution in [0.1, 0.15) is 38.4 Å². The fraction of sp³-hybridized carbons (Fsp3) is 0.727. The molecule has 1 N–H and O–H groups in total. The third-order valence-electron chi connectivity index (χ3n) is 2.45. The molecule has 0 bridgehead atoms. The number of H-pyrrole nitrogens is 1. The Morgan fingerprint density at radius 3 is 2.39 bits per heavy atom. The Morgan fingerprint density at radius 1 is 1.39 bits per heavy atom. The molecule has 0 atom stereocenters. The minimum atomic E-state index is -4.41. The van der Waals surface area contributed by atoms with Crippen LogP contribution in [-0.4, -0.2) is 25.1 Å². The summed E-state index contributed by atoms with van der Waals surface area (Å²) in [5.41, 5.74) is 0. The minimum absolute atomic E-state index is 0.808. The second kappa shape index (κ2) is 9.07. The van der Waals surface area contributed by atoms with Gasteiger partial charge in [-0.25, -0.2) is 18.0 Å². The van der Waals surface area contributed by atoms with Crippen molar-refractivity contribution in [3.63, 3.8) is 0 Å². The zero-order valence-corrected chi connectivity index (χ0v) is 12.0. The largest absolute Gasteiger partial charge is 0.726 e. The average molecular weight is 278 g/mol. The van der Waals surface area contributed by atoms with Crippen LogP contribution in [0, 0.1) is 0 Å². The smallest absolute Gasteiger partial charge is 0.253 e. The van der Waals surface area contributed by atoms with E-state index in [0.29, 0.717) is 0 Å². The van der Waals surface area contributed by atoms with Crippen molar-refractivity contribution in [1.29, 1.82) is 0 Å². The van der Waals surface area contributed by atoms with E-state index in [1.165, 1.54) is 37.9 Å². The van der Waals surface area contributed by atoms with Crippen molar-refractivity contribution in [1.82, 2.24) is 4.98 Å². The van der Waals surface area contributed by atoms with Gasteiger partial charge in [0, 0.05) is 6.42 Å². The lowest BCUT2D eigenvalue weighted by Crippen LogP contribution is -2.30. The first-order valence-corrected chi connectivity index (χ1v) is 7.27. The van der Waals surface area contributed by atoms with E-state index < -0.39 is 10.4 Å². The number of imidazole rings is 1. The Balaban J connectivity index is 0.000000411. The zero-order valence-electron chi connectivity index (χ0n) is 11.2. The van der Waals surface area contributed by atoms with E-state index in [9.17, 15) is 13.0 Å². The highest BCUT2D eigenvalue weighted by Gasteiger charge is 2.04. The number of aromatic nitrogens is 2. The molecule has 6 nitrogen and oxygen atoms in total. The first kappa shape index (κ1) is 17.1. The molecule has 18 heavy (non-hydrogen) atoms. The lowest BCUT2D eigenvalue weighted by molar-refractivity contribution is -0.677. The van der Waals surface area contributed by atoms with Crippen molar-refractivity contribution in [2.24, 2.45) is 7.05 Å². The molecule has 0 saturated carbocycles. The molecule has 0 fully saturated rings. The molecule has 0 spiro atoms. The molecule has 0 amide bonds. The second-order valence-corrected chi connectivity index (χ2v) is 5.05. The predicted octanol–water partition coefficient (Wildman–Crippen LogP) is 1.06. The summed E-state index contributed by atoms with van der Waals surface area (Å²) in [6.45, 7) is 2.24. The molecular weight excluding hydrogens is 256 g/mol. The Labute approximate surface area is 109 Å². The number of hydrogen-bond acceptors (Lipinski definition) is 4.